The van der Waals surface area contributed by atoms with Crippen LogP contribution >= 0.6 is 0 Å². The molecule has 2 heterocycles. The lowest BCUT2D eigenvalue weighted by molar-refractivity contribution is -0.129. The Bertz CT molecular complexity index is 828. The molecule has 3 rings (SSSR count). The number of hydrogen-bond acceptors (Lipinski definition) is 3. The van der Waals surface area contributed by atoms with E-state index in [1.54, 1.807) is 18.3 Å². The molecule has 1 aromatic heterocycles. The van der Waals surface area contributed by atoms with Crippen molar-refractivity contribution in [2.24, 2.45) is 11.3 Å². The van der Waals surface area contributed by atoms with E-state index in [0.29, 0.717) is 12.1 Å². The first-order chi connectivity index (χ1) is 13.8. The Labute approximate surface area is 171 Å². The van der Waals surface area contributed by atoms with Crippen molar-refractivity contribution in [1.82, 2.24) is 15.2 Å². The number of hydrogen-bond donors (Lipinski definition) is 1. The summed E-state index contributed by atoms with van der Waals surface area (Å²) < 4.78 is 27.4. The van der Waals surface area contributed by atoms with Gasteiger partial charge in [0.15, 0.2) is 11.6 Å². The van der Waals surface area contributed by atoms with E-state index in [1.165, 1.54) is 0 Å². The molecule has 0 aliphatic carbocycles. The van der Waals surface area contributed by atoms with Gasteiger partial charge in [-0.2, -0.15) is 0 Å². The van der Waals surface area contributed by atoms with Crippen LogP contribution in [-0.4, -0.2) is 28.9 Å². The number of likely N-dealkylation sites (tertiary alicyclic amines) is 1. The molecule has 156 valence electrons. The van der Waals surface area contributed by atoms with Crippen LogP contribution in [0.25, 0.3) is 0 Å². The van der Waals surface area contributed by atoms with Crippen molar-refractivity contribution in [3.8, 4) is 0 Å². The molecule has 29 heavy (non-hydrogen) atoms. The van der Waals surface area contributed by atoms with Crippen molar-refractivity contribution < 1.29 is 13.6 Å². The number of carbonyl (C=O) groups is 1. The van der Waals surface area contributed by atoms with Gasteiger partial charge in [-0.25, -0.2) is 8.78 Å². The van der Waals surface area contributed by atoms with Gasteiger partial charge in [-0.05, 0) is 50.0 Å². The SMILES string of the molecule is CC(C)(C)C(=O)N[C@@H](c1ccccn1)C1CCN(Cc2cccc(F)c2F)CC1. The number of nitrogens with one attached hydrogen (secondary N) is 1. The highest BCUT2D eigenvalue weighted by atomic mass is 19.2. The van der Waals surface area contributed by atoms with Gasteiger partial charge in [0, 0.05) is 23.7 Å². The Morgan fingerprint density at radius 3 is 2.52 bits per heavy atom. The summed E-state index contributed by atoms with van der Waals surface area (Å²) in [5.74, 6) is -1.34. The number of halogens is 2. The van der Waals surface area contributed by atoms with Crippen molar-refractivity contribution in [3.63, 3.8) is 0 Å². The maximum absolute atomic E-state index is 14.0. The summed E-state index contributed by atoms with van der Waals surface area (Å²) in [5.41, 5.74) is 0.758. The van der Waals surface area contributed by atoms with Crippen LogP contribution in [-0.2, 0) is 11.3 Å². The molecule has 0 unspecified atom stereocenters. The number of amides is 1. The number of carbonyl (C=O) groups excluding carboxylic acids is 1. The van der Waals surface area contributed by atoms with Gasteiger partial charge in [-0.15, -0.1) is 0 Å². The van der Waals surface area contributed by atoms with Crippen LogP contribution in [0.2, 0.25) is 0 Å². The van der Waals surface area contributed by atoms with Gasteiger partial charge in [0.05, 0.1) is 11.7 Å². The summed E-state index contributed by atoms with van der Waals surface area (Å²) >= 11 is 0. The van der Waals surface area contributed by atoms with Crippen molar-refractivity contribution in [3.05, 3.63) is 65.5 Å². The average Bonchev–Trinajstić information content (AvgIpc) is 2.70. The monoisotopic (exact) mass is 401 g/mol. The molecule has 0 spiro atoms. The number of piperidine rings is 1. The third-order valence-electron chi connectivity index (χ3n) is 5.50. The van der Waals surface area contributed by atoms with Gasteiger partial charge in [0.2, 0.25) is 5.91 Å². The van der Waals surface area contributed by atoms with Crippen molar-refractivity contribution in [2.75, 3.05) is 13.1 Å². The molecule has 1 aliphatic heterocycles. The van der Waals surface area contributed by atoms with Gasteiger partial charge < -0.3 is 5.32 Å². The Kier molecular flexibility index (Phi) is 6.63. The lowest BCUT2D eigenvalue weighted by Crippen LogP contribution is -2.44. The molecular weight excluding hydrogens is 372 g/mol. The van der Waals surface area contributed by atoms with Gasteiger partial charge in [-0.3, -0.25) is 14.7 Å². The summed E-state index contributed by atoms with van der Waals surface area (Å²) in [6, 6.07) is 9.89. The minimum absolute atomic E-state index is 0.00239. The fraction of sp³-hybridized carbons (Fsp3) is 0.478. The van der Waals surface area contributed by atoms with E-state index < -0.39 is 17.0 Å². The number of benzene rings is 1. The molecule has 1 fully saturated rings. The summed E-state index contributed by atoms with van der Waals surface area (Å²) in [6.45, 7) is 7.60. The van der Waals surface area contributed by atoms with Crippen LogP contribution in [0.4, 0.5) is 8.78 Å². The molecule has 4 nitrogen and oxygen atoms in total. The molecule has 0 saturated carbocycles. The van der Waals surface area contributed by atoms with E-state index in [1.807, 2.05) is 39.0 Å². The Morgan fingerprint density at radius 2 is 1.90 bits per heavy atom. The lowest BCUT2D eigenvalue weighted by atomic mass is 9.85. The fourth-order valence-corrected chi connectivity index (χ4v) is 3.71. The molecular formula is C23H29F2N3O. The molecule has 6 heteroatoms. The van der Waals surface area contributed by atoms with Crippen molar-refractivity contribution in [2.45, 2.75) is 46.2 Å². The van der Waals surface area contributed by atoms with E-state index in [-0.39, 0.29) is 17.9 Å². The maximum Gasteiger partial charge on any atom is 0.225 e. The highest BCUT2D eigenvalue weighted by Crippen LogP contribution is 2.32. The number of nitrogens with zero attached hydrogens (tertiary/aromatic N) is 2. The topological polar surface area (TPSA) is 45.2 Å². The van der Waals surface area contributed by atoms with Gasteiger partial charge >= 0.3 is 0 Å². The zero-order valence-electron chi connectivity index (χ0n) is 17.3. The first kappa shape index (κ1) is 21.4. The Balaban J connectivity index is 1.68. The second-order valence-electron chi connectivity index (χ2n) is 8.78. The van der Waals surface area contributed by atoms with Crippen LogP contribution in [0.3, 0.4) is 0 Å². The van der Waals surface area contributed by atoms with Crippen LogP contribution in [0, 0.1) is 23.0 Å². The van der Waals surface area contributed by atoms with Crippen LogP contribution in [0.1, 0.15) is 50.9 Å². The van der Waals surface area contributed by atoms with Crippen molar-refractivity contribution >= 4 is 5.91 Å². The largest absolute Gasteiger partial charge is 0.347 e. The predicted molar refractivity (Wildman–Crippen MR) is 109 cm³/mol. The summed E-state index contributed by atoms with van der Waals surface area (Å²) in [5, 5.41) is 3.19. The highest BCUT2D eigenvalue weighted by Gasteiger charge is 2.32. The second-order valence-corrected chi connectivity index (χ2v) is 8.78. The molecule has 0 radical (unpaired) electrons. The fourth-order valence-electron chi connectivity index (χ4n) is 3.71. The zero-order chi connectivity index (χ0) is 21.0. The molecule has 2 aromatic rings. The maximum atomic E-state index is 14.0. The minimum atomic E-state index is -0.808. The van der Waals surface area contributed by atoms with E-state index in [9.17, 15) is 13.6 Å². The predicted octanol–water partition coefficient (Wildman–Crippen LogP) is 4.48. The first-order valence-corrected chi connectivity index (χ1v) is 10.1. The third-order valence-corrected chi connectivity index (χ3v) is 5.50. The van der Waals surface area contributed by atoms with E-state index >= 15 is 0 Å². The van der Waals surface area contributed by atoms with Crippen molar-refractivity contribution in [1.29, 1.82) is 0 Å². The molecule has 1 aromatic carbocycles. The highest BCUT2D eigenvalue weighted by molar-refractivity contribution is 5.81. The van der Waals surface area contributed by atoms with Gasteiger partial charge in [0.1, 0.15) is 0 Å². The zero-order valence-corrected chi connectivity index (χ0v) is 17.3. The Morgan fingerprint density at radius 1 is 1.17 bits per heavy atom. The lowest BCUT2D eigenvalue weighted by Gasteiger charge is -2.37. The van der Waals surface area contributed by atoms with Crippen LogP contribution in [0.5, 0.6) is 0 Å². The molecule has 1 aliphatic rings. The summed E-state index contributed by atoms with van der Waals surface area (Å²) in [4.78, 5) is 19.3. The van der Waals surface area contributed by atoms with E-state index in [0.717, 1.165) is 37.7 Å². The summed E-state index contributed by atoms with van der Waals surface area (Å²) in [7, 11) is 0. The normalized spacial score (nSPS) is 17.1. The van der Waals surface area contributed by atoms with Gasteiger partial charge in [-0.1, -0.05) is 39.0 Å². The summed E-state index contributed by atoms with van der Waals surface area (Å²) in [6.07, 6.45) is 3.44. The standard InChI is InChI=1S/C23H29F2N3O/c1-23(2,3)22(29)27-21(19-9-4-5-12-26-19)16-10-13-28(14-11-16)15-17-7-6-8-18(24)20(17)25/h4-9,12,16,21H,10-11,13-15H2,1-3H3,(H,27,29)/t21-/m1/s1. The van der Waals surface area contributed by atoms with E-state index in [4.69, 9.17) is 0 Å². The smallest absolute Gasteiger partial charge is 0.225 e. The molecule has 1 N–H and O–H groups in total. The number of aromatic nitrogens is 1. The average molecular weight is 402 g/mol. The van der Waals surface area contributed by atoms with Gasteiger partial charge in [0.25, 0.3) is 0 Å². The number of rotatable bonds is 5. The first-order valence-electron chi connectivity index (χ1n) is 10.1. The quantitative estimate of drug-likeness (QED) is 0.804. The second kappa shape index (κ2) is 8.99. The molecule has 0 bridgehead atoms. The molecule has 1 atom stereocenters. The third kappa shape index (κ3) is 5.38. The van der Waals surface area contributed by atoms with Crippen LogP contribution < -0.4 is 5.32 Å². The minimum Gasteiger partial charge on any atom is -0.347 e. The Hall–Kier alpha value is -2.34. The molecule has 1 saturated heterocycles. The van der Waals surface area contributed by atoms with E-state index in [2.05, 4.69) is 15.2 Å². The number of pyridine rings is 1. The van der Waals surface area contributed by atoms with Crippen LogP contribution in [0.15, 0.2) is 42.6 Å². The molecule has 1 amide bonds.